The average Bonchev–Trinajstić information content (AvgIpc) is 1.99. The van der Waals surface area contributed by atoms with E-state index in [4.69, 9.17) is 0 Å². The highest BCUT2D eigenvalue weighted by atomic mass is 19.1. The number of nitro groups is 1. The number of hydrogen-bond acceptors (Lipinski definition) is 3. The quantitative estimate of drug-likeness (QED) is 0.284. The molecular weight excluding hydrogens is 179 g/mol. The van der Waals surface area contributed by atoms with Gasteiger partial charge in [0.25, 0.3) is 5.82 Å². The molecule has 1 aromatic heterocycles. The molecule has 0 aliphatic carbocycles. The van der Waals surface area contributed by atoms with Gasteiger partial charge in [-0.2, -0.15) is 9.12 Å². The fourth-order valence-corrected chi connectivity index (χ4v) is 1.00. The maximum absolute atomic E-state index is 12.9. The van der Waals surface area contributed by atoms with Crippen LogP contribution in [0.4, 0.5) is 10.1 Å². The summed E-state index contributed by atoms with van der Waals surface area (Å²) in [5.41, 5.74) is -0.447. The summed E-state index contributed by atoms with van der Waals surface area (Å²) in [6, 6.07) is 0. The first-order valence-electron chi connectivity index (χ1n) is 3.48. The van der Waals surface area contributed by atoms with E-state index in [1.54, 1.807) is 0 Å². The van der Waals surface area contributed by atoms with Gasteiger partial charge in [0, 0.05) is 6.92 Å². The maximum Gasteiger partial charge on any atom is 0.320 e. The number of pyridine rings is 1. The Hall–Kier alpha value is -1.72. The molecule has 0 aliphatic heterocycles. The highest BCUT2D eigenvalue weighted by molar-refractivity contribution is 5.39. The van der Waals surface area contributed by atoms with E-state index < -0.39 is 16.4 Å². The summed E-state index contributed by atoms with van der Waals surface area (Å²) in [6.45, 7) is 2.74. The van der Waals surface area contributed by atoms with Crippen molar-refractivity contribution in [2.75, 3.05) is 0 Å². The van der Waals surface area contributed by atoms with E-state index in [-0.39, 0.29) is 16.0 Å². The summed E-state index contributed by atoms with van der Waals surface area (Å²) in [5.74, 6) is -1.11. The molecule has 1 rings (SSSR count). The van der Waals surface area contributed by atoms with Crippen LogP contribution in [0.1, 0.15) is 11.3 Å². The third-order valence-corrected chi connectivity index (χ3v) is 1.87. The third kappa shape index (κ3) is 1.42. The Balaban J connectivity index is 3.53. The minimum atomic E-state index is -1.11. The molecule has 1 aromatic rings. The Morgan fingerprint density at radius 3 is 2.54 bits per heavy atom. The van der Waals surface area contributed by atoms with E-state index in [9.17, 15) is 19.7 Å². The van der Waals surface area contributed by atoms with Crippen LogP contribution in [-0.2, 0) is 0 Å². The van der Waals surface area contributed by atoms with Gasteiger partial charge in [-0.05, 0) is 6.92 Å². The zero-order chi connectivity index (χ0) is 10.2. The van der Waals surface area contributed by atoms with Crippen LogP contribution in [0, 0.1) is 35.0 Å². The predicted octanol–water partition coefficient (Wildman–Crippen LogP) is 0.984. The molecule has 0 bridgehead atoms. The largest absolute Gasteiger partial charge is 0.618 e. The lowest BCUT2D eigenvalue weighted by molar-refractivity contribution is -0.615. The second kappa shape index (κ2) is 2.96. The van der Waals surface area contributed by atoms with Crippen LogP contribution in [0.2, 0.25) is 0 Å². The smallest absolute Gasteiger partial charge is 0.320 e. The van der Waals surface area contributed by atoms with Gasteiger partial charge in [0.1, 0.15) is 0 Å². The van der Waals surface area contributed by atoms with Crippen molar-refractivity contribution in [1.82, 2.24) is 0 Å². The molecule has 0 amide bonds. The van der Waals surface area contributed by atoms with Gasteiger partial charge in [0.2, 0.25) is 6.20 Å². The number of rotatable bonds is 1. The standard InChI is InChI=1S/C7H7FN2O3/c1-4-5(2)9(11)3-6(8)7(4)10(12)13/h3H,1-2H3. The van der Waals surface area contributed by atoms with Crippen molar-refractivity contribution < 1.29 is 14.0 Å². The average molecular weight is 186 g/mol. The lowest BCUT2D eigenvalue weighted by Gasteiger charge is -2.03. The Kier molecular flexibility index (Phi) is 2.14. The van der Waals surface area contributed by atoms with Crippen LogP contribution in [0.3, 0.4) is 0 Å². The van der Waals surface area contributed by atoms with Crippen LogP contribution in [-0.4, -0.2) is 4.92 Å². The number of halogens is 1. The molecule has 6 heteroatoms. The first-order valence-corrected chi connectivity index (χ1v) is 3.48. The molecule has 0 N–H and O–H groups in total. The van der Waals surface area contributed by atoms with E-state index in [1.807, 2.05) is 0 Å². The molecule has 0 radical (unpaired) electrons. The van der Waals surface area contributed by atoms with E-state index in [1.165, 1.54) is 13.8 Å². The first-order chi connectivity index (χ1) is 5.95. The van der Waals surface area contributed by atoms with Gasteiger partial charge < -0.3 is 5.21 Å². The summed E-state index contributed by atoms with van der Waals surface area (Å²) >= 11 is 0. The number of aromatic nitrogens is 1. The van der Waals surface area contributed by atoms with Crippen molar-refractivity contribution in [3.05, 3.63) is 38.6 Å². The van der Waals surface area contributed by atoms with Crippen molar-refractivity contribution >= 4 is 5.69 Å². The van der Waals surface area contributed by atoms with E-state index in [2.05, 4.69) is 0 Å². The highest BCUT2D eigenvalue weighted by Crippen LogP contribution is 2.21. The van der Waals surface area contributed by atoms with Crippen molar-refractivity contribution in [1.29, 1.82) is 0 Å². The molecule has 13 heavy (non-hydrogen) atoms. The summed E-state index contributed by atoms with van der Waals surface area (Å²) < 4.78 is 13.2. The highest BCUT2D eigenvalue weighted by Gasteiger charge is 2.25. The maximum atomic E-state index is 12.9. The summed E-state index contributed by atoms with van der Waals surface area (Å²) in [4.78, 5) is 9.52. The Bertz CT molecular complexity index is 378. The van der Waals surface area contributed by atoms with Gasteiger partial charge in [0.05, 0.1) is 10.5 Å². The molecule has 5 nitrogen and oxygen atoms in total. The Labute approximate surface area is 73.2 Å². The lowest BCUT2D eigenvalue weighted by Crippen LogP contribution is -2.31. The SMILES string of the molecule is Cc1c([N+](=O)[O-])c(F)c[n+]([O-])c1C. The van der Waals surface area contributed by atoms with Gasteiger partial charge in [-0.25, -0.2) is 0 Å². The number of hydrogen-bond donors (Lipinski definition) is 0. The number of nitrogens with zero attached hydrogens (tertiary/aromatic N) is 2. The zero-order valence-corrected chi connectivity index (χ0v) is 7.07. The molecule has 0 aromatic carbocycles. The Morgan fingerprint density at radius 2 is 2.08 bits per heavy atom. The third-order valence-electron chi connectivity index (χ3n) is 1.87. The van der Waals surface area contributed by atoms with E-state index in [0.29, 0.717) is 6.20 Å². The zero-order valence-electron chi connectivity index (χ0n) is 7.07. The molecule has 0 unspecified atom stereocenters. The van der Waals surface area contributed by atoms with Crippen LogP contribution in [0.15, 0.2) is 6.20 Å². The molecule has 0 fully saturated rings. The summed E-state index contributed by atoms with van der Waals surface area (Å²) in [5, 5.41) is 21.2. The van der Waals surface area contributed by atoms with Gasteiger partial charge in [-0.1, -0.05) is 0 Å². The molecule has 0 saturated carbocycles. The fraction of sp³-hybridized carbons (Fsp3) is 0.286. The van der Waals surface area contributed by atoms with Crippen LogP contribution < -0.4 is 4.73 Å². The molecule has 0 saturated heterocycles. The monoisotopic (exact) mass is 186 g/mol. The topological polar surface area (TPSA) is 70.1 Å². The molecule has 70 valence electrons. The first kappa shape index (κ1) is 9.37. The second-order valence-electron chi connectivity index (χ2n) is 2.62. The summed E-state index contributed by atoms with van der Waals surface area (Å²) in [6.07, 6.45) is 0.556. The molecular formula is C7H7FN2O3. The van der Waals surface area contributed by atoms with Crippen molar-refractivity contribution in [2.45, 2.75) is 13.8 Å². The minimum absolute atomic E-state index is 0.0556. The van der Waals surface area contributed by atoms with Gasteiger partial charge >= 0.3 is 5.69 Å². The molecule has 1 heterocycles. The molecule has 0 aliphatic rings. The van der Waals surface area contributed by atoms with E-state index >= 15 is 0 Å². The summed E-state index contributed by atoms with van der Waals surface area (Å²) in [7, 11) is 0. The predicted molar refractivity (Wildman–Crippen MR) is 41.5 cm³/mol. The van der Waals surface area contributed by atoms with Gasteiger partial charge in [-0.15, -0.1) is 0 Å². The van der Waals surface area contributed by atoms with Crippen molar-refractivity contribution in [3.63, 3.8) is 0 Å². The van der Waals surface area contributed by atoms with Gasteiger partial charge in [0.15, 0.2) is 5.69 Å². The minimum Gasteiger partial charge on any atom is -0.618 e. The molecule has 0 spiro atoms. The fourth-order valence-electron chi connectivity index (χ4n) is 1.00. The van der Waals surface area contributed by atoms with Crippen LogP contribution >= 0.6 is 0 Å². The van der Waals surface area contributed by atoms with Crippen molar-refractivity contribution in [2.24, 2.45) is 0 Å². The molecule has 0 atom stereocenters. The lowest BCUT2D eigenvalue weighted by atomic mass is 10.2. The van der Waals surface area contributed by atoms with Crippen molar-refractivity contribution in [3.8, 4) is 0 Å². The van der Waals surface area contributed by atoms with Crippen LogP contribution in [0.25, 0.3) is 0 Å². The Morgan fingerprint density at radius 1 is 1.54 bits per heavy atom. The van der Waals surface area contributed by atoms with Gasteiger partial charge in [-0.3, -0.25) is 10.1 Å². The van der Waals surface area contributed by atoms with Crippen LogP contribution in [0.5, 0.6) is 0 Å². The van der Waals surface area contributed by atoms with E-state index in [0.717, 1.165) is 0 Å². The normalized spacial score (nSPS) is 10.1. The second-order valence-corrected chi connectivity index (χ2v) is 2.62.